The first-order valence-corrected chi connectivity index (χ1v) is 6.74. The van der Waals surface area contributed by atoms with E-state index in [1.54, 1.807) is 11.3 Å². The summed E-state index contributed by atoms with van der Waals surface area (Å²) in [5, 5.41) is 0. The van der Waals surface area contributed by atoms with Crippen molar-refractivity contribution in [2.75, 3.05) is 19.6 Å². The van der Waals surface area contributed by atoms with Gasteiger partial charge < -0.3 is 9.69 Å². The van der Waals surface area contributed by atoms with Crippen LogP contribution in [0.25, 0.3) is 0 Å². The number of aldehydes is 1. The standard InChI is InChI=1S/C12H18N2OS/c1-10-12(16-9-13-10)4-6-14-5-2-3-11(7-14)8-15/h8-9,11H,2-7H2,1H3. The van der Waals surface area contributed by atoms with Crippen LogP contribution in [0.5, 0.6) is 0 Å². The van der Waals surface area contributed by atoms with Crippen LogP contribution < -0.4 is 0 Å². The lowest BCUT2D eigenvalue weighted by atomic mass is 9.99. The van der Waals surface area contributed by atoms with E-state index in [1.165, 1.54) is 4.88 Å². The summed E-state index contributed by atoms with van der Waals surface area (Å²) >= 11 is 1.74. The molecule has 3 nitrogen and oxygen atoms in total. The van der Waals surface area contributed by atoms with E-state index < -0.39 is 0 Å². The molecular formula is C12H18N2OS. The Morgan fingerprint density at radius 2 is 2.56 bits per heavy atom. The van der Waals surface area contributed by atoms with Crippen LogP contribution in [-0.2, 0) is 11.2 Å². The van der Waals surface area contributed by atoms with E-state index in [4.69, 9.17) is 0 Å². The molecule has 1 aromatic heterocycles. The second-order valence-electron chi connectivity index (χ2n) is 4.45. The second-order valence-corrected chi connectivity index (χ2v) is 5.39. The van der Waals surface area contributed by atoms with Gasteiger partial charge in [0.2, 0.25) is 0 Å². The Morgan fingerprint density at radius 3 is 3.25 bits per heavy atom. The average Bonchev–Trinajstić information content (AvgIpc) is 2.72. The van der Waals surface area contributed by atoms with E-state index in [-0.39, 0.29) is 5.92 Å². The van der Waals surface area contributed by atoms with Crippen molar-refractivity contribution in [2.45, 2.75) is 26.2 Å². The highest BCUT2D eigenvalue weighted by Crippen LogP contribution is 2.17. The number of carbonyl (C=O) groups is 1. The summed E-state index contributed by atoms with van der Waals surface area (Å²) < 4.78 is 0. The molecule has 0 saturated carbocycles. The van der Waals surface area contributed by atoms with Crippen molar-refractivity contribution >= 4 is 17.6 Å². The van der Waals surface area contributed by atoms with Crippen molar-refractivity contribution < 1.29 is 4.79 Å². The van der Waals surface area contributed by atoms with E-state index in [0.29, 0.717) is 0 Å². The van der Waals surface area contributed by atoms with Gasteiger partial charge in [-0.05, 0) is 32.7 Å². The number of carbonyl (C=O) groups excluding carboxylic acids is 1. The molecule has 0 aromatic carbocycles. The Bertz CT molecular complexity index is 351. The van der Waals surface area contributed by atoms with Crippen LogP contribution >= 0.6 is 11.3 Å². The van der Waals surface area contributed by atoms with E-state index in [9.17, 15) is 4.79 Å². The zero-order valence-electron chi connectivity index (χ0n) is 9.69. The number of rotatable bonds is 4. The Balaban J connectivity index is 1.81. The third-order valence-corrected chi connectivity index (χ3v) is 4.23. The van der Waals surface area contributed by atoms with E-state index in [0.717, 1.165) is 50.9 Å². The molecule has 1 aliphatic heterocycles. The highest BCUT2D eigenvalue weighted by atomic mass is 32.1. The van der Waals surface area contributed by atoms with Crippen molar-refractivity contribution in [3.8, 4) is 0 Å². The topological polar surface area (TPSA) is 33.2 Å². The average molecular weight is 238 g/mol. The minimum atomic E-state index is 0.260. The monoisotopic (exact) mass is 238 g/mol. The first-order valence-electron chi connectivity index (χ1n) is 5.86. The van der Waals surface area contributed by atoms with Gasteiger partial charge in [0, 0.05) is 23.9 Å². The first-order chi connectivity index (χ1) is 7.79. The molecule has 1 saturated heterocycles. The zero-order valence-corrected chi connectivity index (χ0v) is 10.5. The summed E-state index contributed by atoms with van der Waals surface area (Å²) in [6.45, 7) is 5.22. The summed E-state index contributed by atoms with van der Waals surface area (Å²) in [6.07, 6.45) is 4.41. The first kappa shape index (κ1) is 11.7. The number of thiazole rings is 1. The molecule has 16 heavy (non-hydrogen) atoms. The van der Waals surface area contributed by atoms with Crippen LogP contribution in [0.2, 0.25) is 0 Å². The lowest BCUT2D eigenvalue weighted by Crippen LogP contribution is -2.37. The van der Waals surface area contributed by atoms with Gasteiger partial charge in [0.05, 0.1) is 11.2 Å². The number of aryl methyl sites for hydroxylation is 1. The Labute approximate surface area is 100 Å². The molecule has 1 fully saturated rings. The maximum absolute atomic E-state index is 10.8. The van der Waals surface area contributed by atoms with Crippen molar-refractivity contribution in [3.63, 3.8) is 0 Å². The predicted octanol–water partition coefficient (Wildman–Crippen LogP) is 1.90. The number of hydrogen-bond donors (Lipinski definition) is 0. The Kier molecular flexibility index (Phi) is 4.07. The van der Waals surface area contributed by atoms with E-state index in [1.807, 2.05) is 5.51 Å². The van der Waals surface area contributed by atoms with Crippen molar-refractivity contribution in [1.29, 1.82) is 0 Å². The summed E-state index contributed by atoms with van der Waals surface area (Å²) in [7, 11) is 0. The van der Waals surface area contributed by atoms with Gasteiger partial charge in [-0.1, -0.05) is 0 Å². The highest BCUT2D eigenvalue weighted by molar-refractivity contribution is 7.09. The fourth-order valence-electron chi connectivity index (χ4n) is 2.23. The third-order valence-electron chi connectivity index (χ3n) is 3.23. The fraction of sp³-hybridized carbons (Fsp3) is 0.667. The molecular weight excluding hydrogens is 220 g/mol. The van der Waals surface area contributed by atoms with Gasteiger partial charge in [-0.15, -0.1) is 11.3 Å². The number of hydrogen-bond acceptors (Lipinski definition) is 4. The molecule has 1 aromatic rings. The molecule has 1 aliphatic rings. The van der Waals surface area contributed by atoms with Crippen LogP contribution in [0.3, 0.4) is 0 Å². The van der Waals surface area contributed by atoms with Crippen LogP contribution in [0.1, 0.15) is 23.4 Å². The highest BCUT2D eigenvalue weighted by Gasteiger charge is 2.19. The molecule has 2 rings (SSSR count). The van der Waals surface area contributed by atoms with Gasteiger partial charge >= 0.3 is 0 Å². The van der Waals surface area contributed by atoms with Crippen molar-refractivity contribution in [1.82, 2.24) is 9.88 Å². The lowest BCUT2D eigenvalue weighted by Gasteiger charge is -2.29. The maximum Gasteiger partial charge on any atom is 0.124 e. The van der Waals surface area contributed by atoms with Gasteiger partial charge in [-0.2, -0.15) is 0 Å². The molecule has 1 unspecified atom stereocenters. The van der Waals surface area contributed by atoms with Crippen LogP contribution in [-0.4, -0.2) is 35.8 Å². The molecule has 88 valence electrons. The number of piperidine rings is 1. The van der Waals surface area contributed by atoms with Gasteiger partial charge in [0.1, 0.15) is 6.29 Å². The second kappa shape index (κ2) is 5.55. The molecule has 0 spiro atoms. The third kappa shape index (κ3) is 2.89. The fourth-order valence-corrected chi connectivity index (χ4v) is 3.00. The number of nitrogens with zero attached hydrogens (tertiary/aromatic N) is 2. The quantitative estimate of drug-likeness (QED) is 0.751. The smallest absolute Gasteiger partial charge is 0.124 e. The van der Waals surface area contributed by atoms with Gasteiger partial charge in [0.15, 0.2) is 0 Å². The molecule has 0 N–H and O–H groups in total. The Hall–Kier alpha value is -0.740. The molecule has 1 atom stereocenters. The van der Waals surface area contributed by atoms with Crippen LogP contribution in [0.4, 0.5) is 0 Å². The van der Waals surface area contributed by atoms with Gasteiger partial charge in [0.25, 0.3) is 0 Å². The van der Waals surface area contributed by atoms with Crippen LogP contribution in [0.15, 0.2) is 5.51 Å². The van der Waals surface area contributed by atoms with Crippen molar-refractivity contribution in [2.24, 2.45) is 5.92 Å². The predicted molar refractivity (Wildman–Crippen MR) is 65.8 cm³/mol. The molecule has 0 amide bonds. The molecule has 0 bridgehead atoms. The largest absolute Gasteiger partial charge is 0.303 e. The lowest BCUT2D eigenvalue weighted by molar-refractivity contribution is -0.112. The summed E-state index contributed by atoms with van der Waals surface area (Å²) in [4.78, 5) is 18.8. The SMILES string of the molecule is Cc1ncsc1CCN1CCCC(C=O)C1. The summed E-state index contributed by atoms with van der Waals surface area (Å²) in [6, 6.07) is 0. The number of aromatic nitrogens is 1. The zero-order chi connectivity index (χ0) is 11.4. The normalized spacial score (nSPS) is 22.2. The van der Waals surface area contributed by atoms with Crippen molar-refractivity contribution in [3.05, 3.63) is 16.1 Å². The van der Waals surface area contributed by atoms with E-state index in [2.05, 4.69) is 16.8 Å². The Morgan fingerprint density at radius 1 is 1.69 bits per heavy atom. The molecule has 0 aliphatic carbocycles. The number of likely N-dealkylation sites (tertiary alicyclic amines) is 1. The molecule has 0 radical (unpaired) electrons. The minimum absolute atomic E-state index is 0.260. The van der Waals surface area contributed by atoms with Crippen LogP contribution in [0, 0.1) is 12.8 Å². The molecule has 4 heteroatoms. The van der Waals surface area contributed by atoms with Gasteiger partial charge in [-0.3, -0.25) is 0 Å². The van der Waals surface area contributed by atoms with E-state index >= 15 is 0 Å². The summed E-state index contributed by atoms with van der Waals surface area (Å²) in [5.74, 6) is 0.260. The maximum atomic E-state index is 10.8. The van der Waals surface area contributed by atoms with Gasteiger partial charge in [-0.25, -0.2) is 4.98 Å². The summed E-state index contributed by atoms with van der Waals surface area (Å²) in [5.41, 5.74) is 3.07. The minimum Gasteiger partial charge on any atom is -0.303 e. The molecule has 2 heterocycles.